The molecule has 0 aliphatic rings. The Bertz CT molecular complexity index is 1040. The molecule has 1 heterocycles. The Morgan fingerprint density at radius 1 is 1.04 bits per heavy atom. The summed E-state index contributed by atoms with van der Waals surface area (Å²) in [6, 6.07) is 19.7. The molecule has 0 atom stereocenters. The molecule has 1 aromatic heterocycles. The van der Waals surface area contributed by atoms with Crippen molar-refractivity contribution >= 4 is 33.4 Å². The molecule has 4 aromatic rings. The van der Waals surface area contributed by atoms with E-state index in [4.69, 9.17) is 16.3 Å². The molecule has 1 N–H and O–H groups in total. The average Bonchev–Trinajstić information content (AvgIpc) is 2.97. The summed E-state index contributed by atoms with van der Waals surface area (Å²) in [7, 11) is 0. The number of hydrogen-bond donors (Lipinski definition) is 1. The molecular formula is C20H17ClN2O2. The van der Waals surface area contributed by atoms with Crippen LogP contribution < -0.4 is 4.74 Å². The van der Waals surface area contributed by atoms with E-state index in [0.717, 1.165) is 33.4 Å². The second-order valence-corrected chi connectivity index (χ2v) is 6.24. The number of halogens is 1. The maximum Gasteiger partial charge on any atom is 0.148 e. The quantitative estimate of drug-likeness (QED) is 0.578. The molecule has 0 saturated carbocycles. The molecule has 4 nitrogen and oxygen atoms in total. The van der Waals surface area contributed by atoms with Crippen LogP contribution in [0.1, 0.15) is 5.82 Å². The van der Waals surface area contributed by atoms with E-state index < -0.39 is 0 Å². The second kappa shape index (κ2) is 6.75. The van der Waals surface area contributed by atoms with Crippen molar-refractivity contribution < 1.29 is 9.84 Å². The highest BCUT2D eigenvalue weighted by atomic mass is 35.5. The molecular weight excluding hydrogens is 336 g/mol. The number of rotatable bonds is 5. The molecule has 0 bridgehead atoms. The zero-order valence-corrected chi connectivity index (χ0v) is 14.3. The summed E-state index contributed by atoms with van der Waals surface area (Å²) >= 11 is 6.10. The Morgan fingerprint density at radius 2 is 1.88 bits per heavy atom. The average molecular weight is 353 g/mol. The fourth-order valence-corrected chi connectivity index (χ4v) is 3.24. The number of aliphatic hydroxyl groups excluding tert-OH is 1. The summed E-state index contributed by atoms with van der Waals surface area (Å²) in [6.45, 7) is 0.796. The lowest BCUT2D eigenvalue weighted by Gasteiger charge is -2.11. The van der Waals surface area contributed by atoms with Gasteiger partial charge in [-0.05, 0) is 29.7 Å². The van der Waals surface area contributed by atoms with Gasteiger partial charge in [-0.2, -0.15) is 0 Å². The highest BCUT2D eigenvalue weighted by molar-refractivity contribution is 6.31. The van der Waals surface area contributed by atoms with Gasteiger partial charge in [-0.3, -0.25) is 0 Å². The summed E-state index contributed by atoms with van der Waals surface area (Å²) in [5.74, 6) is 1.58. The van der Waals surface area contributed by atoms with Crippen LogP contribution in [0.15, 0.2) is 60.7 Å². The van der Waals surface area contributed by atoms with Crippen molar-refractivity contribution in [3.63, 3.8) is 0 Å². The van der Waals surface area contributed by atoms with E-state index in [-0.39, 0.29) is 6.61 Å². The normalized spacial score (nSPS) is 11.3. The van der Waals surface area contributed by atoms with Crippen LogP contribution in [0.2, 0.25) is 5.02 Å². The molecule has 0 fully saturated rings. The van der Waals surface area contributed by atoms with Crippen molar-refractivity contribution in [2.75, 3.05) is 6.61 Å². The minimum absolute atomic E-state index is 0.0270. The van der Waals surface area contributed by atoms with Crippen molar-refractivity contribution in [2.24, 2.45) is 0 Å². The SMILES string of the molecule is OCCn1c(COc2cccc3ccccc23)nc2ccc(Cl)cc21. The number of aromatic nitrogens is 2. The van der Waals surface area contributed by atoms with Crippen LogP contribution in [0.3, 0.4) is 0 Å². The van der Waals surface area contributed by atoms with Gasteiger partial charge in [0.05, 0.1) is 17.6 Å². The van der Waals surface area contributed by atoms with Gasteiger partial charge in [0.15, 0.2) is 0 Å². The zero-order chi connectivity index (χ0) is 17.2. The van der Waals surface area contributed by atoms with E-state index >= 15 is 0 Å². The summed E-state index contributed by atoms with van der Waals surface area (Å²) < 4.78 is 8.00. The van der Waals surface area contributed by atoms with Crippen LogP contribution in [-0.4, -0.2) is 21.3 Å². The van der Waals surface area contributed by atoms with Crippen molar-refractivity contribution in [2.45, 2.75) is 13.2 Å². The third-order valence-electron chi connectivity index (χ3n) is 4.22. The number of aliphatic hydroxyl groups is 1. The Balaban J connectivity index is 1.69. The lowest BCUT2D eigenvalue weighted by atomic mass is 10.1. The predicted molar refractivity (Wildman–Crippen MR) is 100 cm³/mol. The summed E-state index contributed by atoms with van der Waals surface area (Å²) in [4.78, 5) is 4.64. The maximum absolute atomic E-state index is 9.40. The van der Waals surface area contributed by atoms with Gasteiger partial charge in [-0.1, -0.05) is 48.0 Å². The molecule has 126 valence electrons. The van der Waals surface area contributed by atoms with Gasteiger partial charge in [0.1, 0.15) is 18.2 Å². The van der Waals surface area contributed by atoms with Crippen LogP contribution >= 0.6 is 11.6 Å². The predicted octanol–water partition coefficient (Wildman–Crippen LogP) is 4.41. The standard InChI is InChI=1S/C20H17ClN2O2/c21-15-8-9-17-18(12-15)23(10-11-24)20(22-17)13-25-19-7-3-5-14-4-1-2-6-16(14)19/h1-9,12,24H,10-11,13H2. The number of nitrogens with zero attached hydrogens (tertiary/aromatic N) is 2. The largest absolute Gasteiger partial charge is 0.485 e. The molecule has 0 amide bonds. The Morgan fingerprint density at radius 3 is 2.76 bits per heavy atom. The van der Waals surface area contributed by atoms with Gasteiger partial charge in [-0.25, -0.2) is 4.98 Å². The van der Waals surface area contributed by atoms with E-state index in [0.29, 0.717) is 18.2 Å². The minimum Gasteiger partial charge on any atom is -0.485 e. The van der Waals surface area contributed by atoms with E-state index in [9.17, 15) is 5.11 Å². The first-order valence-electron chi connectivity index (χ1n) is 8.12. The number of benzene rings is 3. The van der Waals surface area contributed by atoms with Crippen LogP contribution in [0, 0.1) is 0 Å². The molecule has 0 aliphatic carbocycles. The third kappa shape index (κ3) is 3.06. The van der Waals surface area contributed by atoms with Crippen LogP contribution in [0.25, 0.3) is 21.8 Å². The van der Waals surface area contributed by atoms with Crippen molar-refractivity contribution in [3.8, 4) is 5.75 Å². The monoisotopic (exact) mass is 352 g/mol. The Kier molecular flexibility index (Phi) is 4.30. The van der Waals surface area contributed by atoms with Gasteiger partial charge in [0.2, 0.25) is 0 Å². The van der Waals surface area contributed by atoms with Crippen LogP contribution in [0.5, 0.6) is 5.75 Å². The highest BCUT2D eigenvalue weighted by Crippen LogP contribution is 2.27. The summed E-state index contributed by atoms with van der Waals surface area (Å²) in [6.07, 6.45) is 0. The number of hydrogen-bond acceptors (Lipinski definition) is 3. The fraction of sp³-hybridized carbons (Fsp3) is 0.150. The summed E-state index contributed by atoms with van der Waals surface area (Å²) in [5, 5.41) is 12.2. The van der Waals surface area contributed by atoms with E-state index in [1.165, 1.54) is 0 Å². The zero-order valence-electron chi connectivity index (χ0n) is 13.5. The maximum atomic E-state index is 9.40. The summed E-state index contributed by atoms with van der Waals surface area (Å²) in [5.41, 5.74) is 1.74. The first kappa shape index (κ1) is 15.9. The second-order valence-electron chi connectivity index (χ2n) is 5.80. The highest BCUT2D eigenvalue weighted by Gasteiger charge is 2.12. The number of imidazole rings is 1. The van der Waals surface area contributed by atoms with Gasteiger partial charge >= 0.3 is 0 Å². The lowest BCUT2D eigenvalue weighted by molar-refractivity contribution is 0.261. The fourth-order valence-electron chi connectivity index (χ4n) is 3.07. The smallest absolute Gasteiger partial charge is 0.148 e. The third-order valence-corrected chi connectivity index (χ3v) is 4.45. The number of fused-ring (bicyclic) bond motifs is 2. The van der Waals surface area contributed by atoms with Crippen LogP contribution in [0.4, 0.5) is 0 Å². The molecule has 0 aliphatic heterocycles. The molecule has 3 aromatic carbocycles. The first-order chi connectivity index (χ1) is 12.3. The minimum atomic E-state index is 0.0270. The molecule has 25 heavy (non-hydrogen) atoms. The van der Waals surface area contributed by atoms with Gasteiger partial charge in [0.25, 0.3) is 0 Å². The Hall–Kier alpha value is -2.56. The van der Waals surface area contributed by atoms with Gasteiger partial charge < -0.3 is 14.4 Å². The molecule has 0 saturated heterocycles. The van der Waals surface area contributed by atoms with Crippen molar-refractivity contribution in [1.29, 1.82) is 0 Å². The number of ether oxygens (including phenoxy) is 1. The molecule has 0 spiro atoms. The van der Waals surface area contributed by atoms with Gasteiger partial charge in [0, 0.05) is 17.0 Å². The van der Waals surface area contributed by atoms with Crippen molar-refractivity contribution in [3.05, 3.63) is 71.5 Å². The molecule has 0 unspecified atom stereocenters. The van der Waals surface area contributed by atoms with Gasteiger partial charge in [-0.15, -0.1) is 0 Å². The van der Waals surface area contributed by atoms with E-state index in [1.807, 2.05) is 53.1 Å². The molecule has 0 radical (unpaired) electrons. The van der Waals surface area contributed by atoms with E-state index in [1.54, 1.807) is 0 Å². The lowest BCUT2D eigenvalue weighted by Crippen LogP contribution is -2.09. The Labute approximate surface area is 150 Å². The van der Waals surface area contributed by atoms with Crippen LogP contribution in [-0.2, 0) is 13.2 Å². The van der Waals surface area contributed by atoms with E-state index in [2.05, 4.69) is 17.1 Å². The first-order valence-corrected chi connectivity index (χ1v) is 8.50. The molecule has 4 rings (SSSR count). The molecule has 5 heteroatoms. The van der Waals surface area contributed by atoms with Crippen molar-refractivity contribution in [1.82, 2.24) is 9.55 Å². The topological polar surface area (TPSA) is 47.3 Å².